The topological polar surface area (TPSA) is 77.0 Å². The summed E-state index contributed by atoms with van der Waals surface area (Å²) >= 11 is 0. The summed E-state index contributed by atoms with van der Waals surface area (Å²) < 4.78 is 0. The van der Waals surface area contributed by atoms with E-state index in [1.54, 1.807) is 4.90 Å². The van der Waals surface area contributed by atoms with E-state index >= 15 is 0 Å². The summed E-state index contributed by atoms with van der Waals surface area (Å²) in [7, 11) is 1.83. The van der Waals surface area contributed by atoms with E-state index in [-0.39, 0.29) is 12.0 Å². The molecule has 2 rings (SSSR count). The number of carbonyl (C=O) groups is 1. The molecule has 0 aliphatic heterocycles. The summed E-state index contributed by atoms with van der Waals surface area (Å²) in [5.41, 5.74) is 1.13. The van der Waals surface area contributed by atoms with E-state index in [1.807, 2.05) is 44.3 Å². The molecule has 1 aromatic rings. The molecule has 1 aromatic carbocycles. The highest BCUT2D eigenvalue weighted by Gasteiger charge is 2.20. The van der Waals surface area contributed by atoms with E-state index in [0.29, 0.717) is 25.6 Å². The van der Waals surface area contributed by atoms with Crippen LogP contribution in [0.2, 0.25) is 0 Å². The largest absolute Gasteiger partial charge is 0.393 e. The third kappa shape index (κ3) is 7.04. The predicted molar refractivity (Wildman–Crippen MR) is 105 cm³/mol. The summed E-state index contributed by atoms with van der Waals surface area (Å²) in [4.78, 5) is 18.6. The van der Waals surface area contributed by atoms with Crippen LogP contribution < -0.4 is 10.6 Å². The zero-order chi connectivity index (χ0) is 18.8. The molecule has 0 atom stereocenters. The molecular weight excluding hydrogens is 328 g/mol. The molecule has 26 heavy (non-hydrogen) atoms. The number of amides is 1. The number of aliphatic imine (C=N–C) groups is 1. The quantitative estimate of drug-likeness (QED) is 0.513. The van der Waals surface area contributed by atoms with Gasteiger partial charge in [0, 0.05) is 32.6 Å². The third-order valence-corrected chi connectivity index (χ3v) is 4.67. The van der Waals surface area contributed by atoms with Gasteiger partial charge in [0.2, 0.25) is 5.91 Å². The maximum atomic E-state index is 12.3. The second-order valence-electron chi connectivity index (χ2n) is 6.90. The van der Waals surface area contributed by atoms with Crippen molar-refractivity contribution in [3.05, 3.63) is 35.9 Å². The highest BCUT2D eigenvalue weighted by atomic mass is 16.3. The summed E-state index contributed by atoms with van der Waals surface area (Å²) in [6.45, 7) is 3.89. The van der Waals surface area contributed by atoms with Crippen molar-refractivity contribution in [1.29, 1.82) is 0 Å². The van der Waals surface area contributed by atoms with Gasteiger partial charge in [-0.2, -0.15) is 0 Å². The standard InChI is InChI=1S/C20H32N4O2/c1-3-21-20(23-17-9-11-18(25)12-10-17)22-14-13-19(26)24(2)15-16-7-5-4-6-8-16/h4-8,17-18,25H,3,9-15H2,1-2H3,(H2,21,22,23). The van der Waals surface area contributed by atoms with Gasteiger partial charge in [0.25, 0.3) is 0 Å². The van der Waals surface area contributed by atoms with Gasteiger partial charge in [-0.3, -0.25) is 9.79 Å². The van der Waals surface area contributed by atoms with Crippen LogP contribution in [-0.4, -0.2) is 54.2 Å². The molecule has 1 aliphatic rings. The van der Waals surface area contributed by atoms with Gasteiger partial charge in [0.05, 0.1) is 12.6 Å². The van der Waals surface area contributed by atoms with Gasteiger partial charge < -0.3 is 20.6 Å². The summed E-state index contributed by atoms with van der Waals surface area (Å²) in [6, 6.07) is 10.3. The molecule has 1 amide bonds. The third-order valence-electron chi connectivity index (χ3n) is 4.67. The van der Waals surface area contributed by atoms with Crippen LogP contribution in [0.1, 0.15) is 44.6 Å². The zero-order valence-electron chi connectivity index (χ0n) is 15.9. The molecule has 3 N–H and O–H groups in total. The molecule has 144 valence electrons. The van der Waals surface area contributed by atoms with Gasteiger partial charge in [0.15, 0.2) is 5.96 Å². The lowest BCUT2D eigenvalue weighted by molar-refractivity contribution is -0.130. The average molecular weight is 361 g/mol. The van der Waals surface area contributed by atoms with E-state index in [1.165, 1.54) is 0 Å². The van der Waals surface area contributed by atoms with Gasteiger partial charge in [-0.1, -0.05) is 30.3 Å². The fourth-order valence-electron chi connectivity index (χ4n) is 3.13. The molecule has 1 fully saturated rings. The number of nitrogens with zero attached hydrogens (tertiary/aromatic N) is 2. The minimum absolute atomic E-state index is 0.0919. The molecule has 6 heteroatoms. The monoisotopic (exact) mass is 360 g/mol. The maximum Gasteiger partial charge on any atom is 0.224 e. The SMILES string of the molecule is CCNC(=NCCC(=O)N(C)Cc1ccccc1)NC1CCC(O)CC1. The Morgan fingerprint density at radius 1 is 1.23 bits per heavy atom. The molecule has 0 radical (unpaired) electrons. The number of aliphatic hydroxyl groups is 1. The summed E-state index contributed by atoms with van der Waals surface area (Å²) in [5, 5.41) is 16.3. The van der Waals surface area contributed by atoms with Crippen molar-refractivity contribution in [2.24, 2.45) is 4.99 Å². The number of nitrogens with one attached hydrogen (secondary N) is 2. The van der Waals surface area contributed by atoms with Gasteiger partial charge in [0.1, 0.15) is 0 Å². The van der Waals surface area contributed by atoms with Crippen LogP contribution in [0, 0.1) is 0 Å². The summed E-state index contributed by atoms with van der Waals surface area (Å²) in [5.74, 6) is 0.849. The number of guanidine groups is 1. The minimum Gasteiger partial charge on any atom is -0.393 e. The zero-order valence-corrected chi connectivity index (χ0v) is 15.9. The van der Waals surface area contributed by atoms with Crippen LogP contribution in [0.15, 0.2) is 35.3 Å². The maximum absolute atomic E-state index is 12.3. The van der Waals surface area contributed by atoms with Crippen molar-refractivity contribution in [3.63, 3.8) is 0 Å². The average Bonchev–Trinajstić information content (AvgIpc) is 2.64. The molecule has 0 bridgehead atoms. The lowest BCUT2D eigenvalue weighted by atomic mass is 9.93. The molecule has 0 aromatic heterocycles. The van der Waals surface area contributed by atoms with Crippen molar-refractivity contribution >= 4 is 11.9 Å². The van der Waals surface area contributed by atoms with Gasteiger partial charge in [-0.15, -0.1) is 0 Å². The van der Waals surface area contributed by atoms with Crippen LogP contribution in [0.3, 0.4) is 0 Å². The second-order valence-corrected chi connectivity index (χ2v) is 6.90. The first-order valence-electron chi connectivity index (χ1n) is 9.59. The molecule has 0 unspecified atom stereocenters. The van der Waals surface area contributed by atoms with Gasteiger partial charge in [-0.25, -0.2) is 0 Å². The van der Waals surface area contributed by atoms with E-state index in [9.17, 15) is 9.90 Å². The Morgan fingerprint density at radius 3 is 2.58 bits per heavy atom. The Morgan fingerprint density at radius 2 is 1.92 bits per heavy atom. The van der Waals surface area contributed by atoms with E-state index < -0.39 is 0 Å². The van der Waals surface area contributed by atoms with Crippen LogP contribution in [0.25, 0.3) is 0 Å². The van der Waals surface area contributed by atoms with Crippen LogP contribution in [-0.2, 0) is 11.3 Å². The fraction of sp³-hybridized carbons (Fsp3) is 0.600. The first kappa shape index (κ1) is 20.2. The first-order chi connectivity index (χ1) is 12.6. The Hall–Kier alpha value is -2.08. The molecule has 1 aliphatic carbocycles. The Kier molecular flexibility index (Phi) is 8.41. The molecule has 1 saturated carbocycles. The second kappa shape index (κ2) is 10.8. The molecule has 0 heterocycles. The number of rotatable bonds is 7. The van der Waals surface area contributed by atoms with Crippen molar-refractivity contribution in [3.8, 4) is 0 Å². The minimum atomic E-state index is -0.162. The van der Waals surface area contributed by atoms with E-state index in [2.05, 4.69) is 15.6 Å². The number of benzene rings is 1. The Balaban J connectivity index is 1.78. The van der Waals surface area contributed by atoms with Crippen molar-refractivity contribution < 1.29 is 9.90 Å². The lowest BCUT2D eigenvalue weighted by Gasteiger charge is -2.27. The van der Waals surface area contributed by atoms with Crippen molar-refractivity contribution in [1.82, 2.24) is 15.5 Å². The van der Waals surface area contributed by atoms with Crippen molar-refractivity contribution in [2.75, 3.05) is 20.1 Å². The number of aliphatic hydroxyl groups excluding tert-OH is 1. The molecule has 0 spiro atoms. The number of hydrogen-bond donors (Lipinski definition) is 3. The molecular formula is C20H32N4O2. The fourth-order valence-corrected chi connectivity index (χ4v) is 3.13. The highest BCUT2D eigenvalue weighted by Crippen LogP contribution is 2.18. The van der Waals surface area contributed by atoms with Crippen LogP contribution >= 0.6 is 0 Å². The highest BCUT2D eigenvalue weighted by molar-refractivity contribution is 5.81. The number of carbonyl (C=O) groups excluding carboxylic acids is 1. The summed E-state index contributed by atoms with van der Waals surface area (Å²) in [6.07, 6.45) is 3.79. The van der Waals surface area contributed by atoms with E-state index in [0.717, 1.165) is 43.8 Å². The van der Waals surface area contributed by atoms with E-state index in [4.69, 9.17) is 0 Å². The smallest absolute Gasteiger partial charge is 0.224 e. The predicted octanol–water partition coefficient (Wildman–Crippen LogP) is 1.89. The lowest BCUT2D eigenvalue weighted by Crippen LogP contribution is -2.45. The Labute approximate surface area is 156 Å². The number of hydrogen-bond acceptors (Lipinski definition) is 3. The molecule has 0 saturated heterocycles. The van der Waals surface area contributed by atoms with Crippen LogP contribution in [0.5, 0.6) is 0 Å². The van der Waals surface area contributed by atoms with Gasteiger partial charge >= 0.3 is 0 Å². The van der Waals surface area contributed by atoms with Crippen LogP contribution in [0.4, 0.5) is 0 Å². The van der Waals surface area contributed by atoms with Gasteiger partial charge in [-0.05, 0) is 38.2 Å². The first-order valence-corrected chi connectivity index (χ1v) is 9.59. The normalized spacial score (nSPS) is 20.5. The Bertz CT molecular complexity index is 568. The van der Waals surface area contributed by atoms with Crippen molar-refractivity contribution in [2.45, 2.75) is 57.7 Å². The molecule has 6 nitrogen and oxygen atoms in total.